The van der Waals surface area contributed by atoms with Crippen molar-refractivity contribution >= 4 is 15.9 Å². The Kier molecular flexibility index (Phi) is 5.85. The third-order valence-corrected chi connectivity index (χ3v) is 3.17. The van der Waals surface area contributed by atoms with Crippen LogP contribution in [0.1, 0.15) is 44.7 Å². The molecule has 0 aliphatic heterocycles. The van der Waals surface area contributed by atoms with E-state index >= 15 is 0 Å². The lowest BCUT2D eigenvalue weighted by molar-refractivity contribution is 0.306. The summed E-state index contributed by atoms with van der Waals surface area (Å²) in [6.07, 6.45) is 3.55. The first-order valence-corrected chi connectivity index (χ1v) is 6.62. The van der Waals surface area contributed by atoms with Crippen molar-refractivity contribution in [3.05, 3.63) is 28.2 Å². The average Bonchev–Trinajstić information content (AvgIpc) is 2.24. The lowest BCUT2D eigenvalue weighted by atomic mass is 10.1. The highest BCUT2D eigenvalue weighted by molar-refractivity contribution is 9.10. The maximum atomic E-state index is 5.83. The van der Waals surface area contributed by atoms with E-state index in [0.29, 0.717) is 0 Å². The second kappa shape index (κ2) is 6.92. The van der Waals surface area contributed by atoms with E-state index in [9.17, 15) is 0 Å². The largest absolute Gasteiger partial charge is 0.494 e. The van der Waals surface area contributed by atoms with Gasteiger partial charge in [0.1, 0.15) is 5.75 Å². The molecular weight excluding hydrogens is 266 g/mol. The third-order valence-electron chi connectivity index (χ3n) is 2.48. The van der Waals surface area contributed by atoms with E-state index in [4.69, 9.17) is 10.5 Å². The number of hydrogen-bond donors (Lipinski definition) is 1. The molecule has 0 amide bonds. The summed E-state index contributed by atoms with van der Waals surface area (Å²) in [7, 11) is 0. The van der Waals surface area contributed by atoms with Gasteiger partial charge in [0.25, 0.3) is 0 Å². The minimum absolute atomic E-state index is 0.0449. The summed E-state index contributed by atoms with van der Waals surface area (Å²) < 4.78 is 6.68. The monoisotopic (exact) mass is 285 g/mol. The number of rotatable bonds is 6. The molecule has 16 heavy (non-hydrogen) atoms. The molecule has 0 aromatic heterocycles. The minimum Gasteiger partial charge on any atom is -0.494 e. The van der Waals surface area contributed by atoms with Gasteiger partial charge >= 0.3 is 0 Å². The Morgan fingerprint density at radius 3 is 2.69 bits per heavy atom. The molecule has 1 aromatic carbocycles. The van der Waals surface area contributed by atoms with Crippen LogP contribution in [-0.2, 0) is 0 Å². The Morgan fingerprint density at radius 2 is 2.12 bits per heavy atom. The van der Waals surface area contributed by atoms with Crippen LogP contribution < -0.4 is 10.5 Å². The summed E-state index contributed by atoms with van der Waals surface area (Å²) in [5.41, 5.74) is 6.95. The second-order valence-corrected chi connectivity index (χ2v) is 4.88. The highest BCUT2D eigenvalue weighted by atomic mass is 79.9. The third kappa shape index (κ3) is 4.14. The van der Waals surface area contributed by atoms with E-state index < -0.39 is 0 Å². The van der Waals surface area contributed by atoms with Crippen LogP contribution in [0.25, 0.3) is 0 Å². The van der Waals surface area contributed by atoms with Crippen molar-refractivity contribution in [1.82, 2.24) is 0 Å². The molecule has 0 aliphatic carbocycles. The van der Waals surface area contributed by atoms with Crippen LogP contribution in [0.4, 0.5) is 0 Å². The van der Waals surface area contributed by atoms with Crippen LogP contribution >= 0.6 is 15.9 Å². The smallest absolute Gasteiger partial charge is 0.120 e. The number of nitrogens with two attached hydrogens (primary N) is 1. The number of unbranched alkanes of at least 4 members (excludes halogenated alkanes) is 2. The van der Waals surface area contributed by atoms with Crippen LogP contribution in [0.3, 0.4) is 0 Å². The van der Waals surface area contributed by atoms with Gasteiger partial charge in [0.05, 0.1) is 6.61 Å². The summed E-state index contributed by atoms with van der Waals surface area (Å²) >= 11 is 3.51. The molecule has 0 heterocycles. The maximum Gasteiger partial charge on any atom is 0.120 e. The maximum absolute atomic E-state index is 5.83. The van der Waals surface area contributed by atoms with Crippen molar-refractivity contribution < 1.29 is 4.74 Å². The molecule has 0 aliphatic rings. The van der Waals surface area contributed by atoms with Crippen molar-refractivity contribution in [3.63, 3.8) is 0 Å². The van der Waals surface area contributed by atoms with Gasteiger partial charge in [-0.25, -0.2) is 0 Å². The van der Waals surface area contributed by atoms with Gasteiger partial charge in [-0.1, -0.05) is 41.8 Å². The zero-order chi connectivity index (χ0) is 12.0. The molecule has 3 heteroatoms. The molecule has 0 fully saturated rings. The Hall–Kier alpha value is -0.540. The predicted molar refractivity (Wildman–Crippen MR) is 71.8 cm³/mol. The van der Waals surface area contributed by atoms with Crippen LogP contribution in [0, 0.1) is 0 Å². The van der Waals surface area contributed by atoms with Crippen molar-refractivity contribution in [1.29, 1.82) is 0 Å². The number of ether oxygens (including phenoxy) is 1. The molecule has 2 N–H and O–H groups in total. The van der Waals surface area contributed by atoms with Gasteiger partial charge in [-0.05, 0) is 31.0 Å². The van der Waals surface area contributed by atoms with Crippen LogP contribution in [0.5, 0.6) is 5.75 Å². The summed E-state index contributed by atoms with van der Waals surface area (Å²) in [6.45, 7) is 4.95. The SMILES string of the molecule is CCCCCOc1ccc([C@@H](C)N)c(Br)c1. The van der Waals surface area contributed by atoms with Crippen molar-refractivity contribution in [2.24, 2.45) is 5.73 Å². The quantitative estimate of drug-likeness (QED) is 0.801. The van der Waals surface area contributed by atoms with E-state index in [0.717, 1.165) is 28.8 Å². The summed E-state index contributed by atoms with van der Waals surface area (Å²) in [5, 5.41) is 0. The number of benzene rings is 1. The highest BCUT2D eigenvalue weighted by Gasteiger charge is 2.05. The standard InChI is InChI=1S/C13H20BrNO/c1-3-4-5-8-16-11-6-7-12(10(2)15)13(14)9-11/h6-7,9-10H,3-5,8,15H2,1-2H3/t10-/m1/s1. The highest BCUT2D eigenvalue weighted by Crippen LogP contribution is 2.26. The average molecular weight is 286 g/mol. The molecule has 1 atom stereocenters. The van der Waals surface area contributed by atoms with Crippen molar-refractivity contribution in [2.45, 2.75) is 39.2 Å². The van der Waals surface area contributed by atoms with Gasteiger partial charge in [-0.3, -0.25) is 0 Å². The van der Waals surface area contributed by atoms with Crippen LogP contribution in [0.15, 0.2) is 22.7 Å². The molecule has 1 aromatic rings. The fraction of sp³-hybridized carbons (Fsp3) is 0.538. The zero-order valence-corrected chi connectivity index (χ0v) is 11.6. The predicted octanol–water partition coefficient (Wildman–Crippen LogP) is 4.04. The Morgan fingerprint density at radius 1 is 1.38 bits per heavy atom. The van der Waals surface area contributed by atoms with E-state index in [1.807, 2.05) is 25.1 Å². The van der Waals surface area contributed by atoms with Gasteiger partial charge in [-0.2, -0.15) is 0 Å². The summed E-state index contributed by atoms with van der Waals surface area (Å²) in [6, 6.07) is 6.03. The van der Waals surface area contributed by atoms with Gasteiger partial charge in [0, 0.05) is 10.5 Å². The zero-order valence-electron chi connectivity index (χ0n) is 10.0. The van der Waals surface area contributed by atoms with E-state index in [2.05, 4.69) is 22.9 Å². The minimum atomic E-state index is 0.0449. The van der Waals surface area contributed by atoms with Crippen LogP contribution in [-0.4, -0.2) is 6.61 Å². The van der Waals surface area contributed by atoms with Gasteiger partial charge in [0.15, 0.2) is 0 Å². The molecule has 0 saturated carbocycles. The fourth-order valence-electron chi connectivity index (χ4n) is 1.51. The van der Waals surface area contributed by atoms with Crippen molar-refractivity contribution in [3.8, 4) is 5.75 Å². The molecule has 0 bridgehead atoms. The molecule has 1 rings (SSSR count). The van der Waals surface area contributed by atoms with Gasteiger partial charge < -0.3 is 10.5 Å². The molecule has 0 saturated heterocycles. The van der Waals surface area contributed by atoms with Crippen LogP contribution in [0.2, 0.25) is 0 Å². The molecule has 0 spiro atoms. The van der Waals surface area contributed by atoms with Gasteiger partial charge in [0.2, 0.25) is 0 Å². The Labute approximate surface area is 106 Å². The fourth-order valence-corrected chi connectivity index (χ4v) is 2.23. The molecule has 0 unspecified atom stereocenters. The summed E-state index contributed by atoms with van der Waals surface area (Å²) in [5.74, 6) is 0.910. The lowest BCUT2D eigenvalue weighted by Gasteiger charge is -2.11. The Bertz CT molecular complexity index is 326. The number of halogens is 1. The molecule has 2 nitrogen and oxygen atoms in total. The molecule has 0 radical (unpaired) electrons. The first-order valence-electron chi connectivity index (χ1n) is 5.83. The van der Waals surface area contributed by atoms with Gasteiger partial charge in [-0.15, -0.1) is 0 Å². The lowest BCUT2D eigenvalue weighted by Crippen LogP contribution is -2.06. The second-order valence-electron chi connectivity index (χ2n) is 4.03. The number of hydrogen-bond acceptors (Lipinski definition) is 2. The Balaban J connectivity index is 2.53. The summed E-state index contributed by atoms with van der Waals surface area (Å²) in [4.78, 5) is 0. The van der Waals surface area contributed by atoms with Crippen molar-refractivity contribution in [2.75, 3.05) is 6.61 Å². The topological polar surface area (TPSA) is 35.2 Å². The molecule has 90 valence electrons. The van der Waals surface area contributed by atoms with E-state index in [-0.39, 0.29) is 6.04 Å². The first-order chi connectivity index (χ1) is 7.65. The van der Waals surface area contributed by atoms with E-state index in [1.165, 1.54) is 12.8 Å². The normalized spacial score (nSPS) is 12.5. The van der Waals surface area contributed by atoms with E-state index in [1.54, 1.807) is 0 Å². The molecular formula is C13H20BrNO. The first kappa shape index (κ1) is 13.5.